The Balaban J connectivity index is 1.74. The van der Waals surface area contributed by atoms with Crippen LogP contribution in [0.15, 0.2) is 47.6 Å². The summed E-state index contributed by atoms with van der Waals surface area (Å²) in [7, 11) is 0. The molecule has 0 saturated heterocycles. The number of carbonyl (C=O) groups excluding carboxylic acids is 3. The lowest BCUT2D eigenvalue weighted by molar-refractivity contribution is -0.394. The van der Waals surface area contributed by atoms with Crippen molar-refractivity contribution in [2.45, 2.75) is 6.92 Å². The van der Waals surface area contributed by atoms with E-state index in [-0.39, 0.29) is 28.9 Å². The number of nitro groups is 2. The van der Waals surface area contributed by atoms with Gasteiger partial charge in [0.15, 0.2) is 0 Å². The van der Waals surface area contributed by atoms with E-state index in [2.05, 4.69) is 10.5 Å². The third-order valence-corrected chi connectivity index (χ3v) is 4.20. The Morgan fingerprint density at radius 2 is 1.50 bits per heavy atom. The number of hydrogen-bond donors (Lipinski definition) is 1. The highest BCUT2D eigenvalue weighted by Gasteiger charge is 2.35. The number of rotatable bonds is 6. The summed E-state index contributed by atoms with van der Waals surface area (Å²) in [6.07, 6.45) is 0. The van der Waals surface area contributed by atoms with E-state index in [0.29, 0.717) is 0 Å². The van der Waals surface area contributed by atoms with E-state index in [1.165, 1.54) is 19.1 Å². The van der Waals surface area contributed by atoms with Gasteiger partial charge in [-0.25, -0.2) is 5.43 Å². The van der Waals surface area contributed by atoms with Crippen molar-refractivity contribution in [3.63, 3.8) is 0 Å². The number of carbonyl (C=O) groups is 3. The summed E-state index contributed by atoms with van der Waals surface area (Å²) in [6.45, 7) is 1.27. The van der Waals surface area contributed by atoms with Crippen molar-refractivity contribution in [3.8, 4) is 0 Å². The van der Waals surface area contributed by atoms with Gasteiger partial charge in [0.25, 0.3) is 29.1 Å². The first-order valence-corrected chi connectivity index (χ1v) is 8.41. The molecule has 2 aromatic rings. The number of imide groups is 1. The van der Waals surface area contributed by atoms with Gasteiger partial charge in [0, 0.05) is 12.1 Å². The van der Waals surface area contributed by atoms with Gasteiger partial charge >= 0.3 is 0 Å². The predicted molar refractivity (Wildman–Crippen MR) is 102 cm³/mol. The summed E-state index contributed by atoms with van der Waals surface area (Å²) in [5.74, 6) is -1.92. The van der Waals surface area contributed by atoms with Crippen molar-refractivity contribution in [1.82, 2.24) is 10.3 Å². The van der Waals surface area contributed by atoms with Crippen LogP contribution < -0.4 is 5.43 Å². The standard InChI is InChI=1S/C18H13N5O7/c1-10(9-21-17(25)14-4-2-3-5-15(14)18(21)26)19-20-16(24)11-6-12(22(27)28)8-13(7-11)23(29)30/h2-8H,9H2,1H3,(H,20,24)/b19-10-. The number of fused-ring (bicyclic) bond motifs is 1. The fourth-order valence-corrected chi connectivity index (χ4v) is 2.79. The zero-order chi connectivity index (χ0) is 22.0. The molecule has 1 aliphatic heterocycles. The molecule has 0 atom stereocenters. The molecule has 0 spiro atoms. The first-order valence-electron chi connectivity index (χ1n) is 8.41. The van der Waals surface area contributed by atoms with E-state index < -0.39 is 38.9 Å². The van der Waals surface area contributed by atoms with Gasteiger partial charge in [0.2, 0.25) is 0 Å². The van der Waals surface area contributed by atoms with E-state index in [9.17, 15) is 34.6 Å². The fraction of sp³-hybridized carbons (Fsp3) is 0.111. The molecule has 1 aliphatic rings. The lowest BCUT2D eigenvalue weighted by Crippen LogP contribution is -2.35. The molecule has 0 unspecified atom stereocenters. The molecule has 0 fully saturated rings. The Morgan fingerprint density at radius 1 is 1.00 bits per heavy atom. The molecule has 1 N–H and O–H groups in total. The number of benzene rings is 2. The largest absolute Gasteiger partial charge is 0.277 e. The third kappa shape index (κ3) is 3.87. The highest BCUT2D eigenvalue weighted by atomic mass is 16.6. The Bertz CT molecular complexity index is 1070. The second kappa shape index (κ2) is 7.87. The molecule has 0 bridgehead atoms. The first kappa shape index (κ1) is 20.3. The second-order valence-corrected chi connectivity index (χ2v) is 6.28. The van der Waals surface area contributed by atoms with E-state index in [0.717, 1.165) is 23.1 Å². The van der Waals surface area contributed by atoms with Gasteiger partial charge in [-0.1, -0.05) is 12.1 Å². The SMILES string of the molecule is C/C(CN1C(=O)c2ccccc2C1=O)=N/NC(=O)c1cc([N+](=O)[O-])cc([N+](=O)[O-])c1. The molecule has 152 valence electrons. The number of amides is 3. The van der Waals surface area contributed by atoms with Crippen LogP contribution in [0.1, 0.15) is 38.0 Å². The smallest absolute Gasteiger partial charge is 0.269 e. The van der Waals surface area contributed by atoms with Crippen molar-refractivity contribution in [3.05, 3.63) is 79.4 Å². The normalized spacial score (nSPS) is 13.2. The van der Waals surface area contributed by atoms with Crippen LogP contribution in [0.2, 0.25) is 0 Å². The second-order valence-electron chi connectivity index (χ2n) is 6.28. The Labute approximate surface area is 168 Å². The molecular formula is C18H13N5O7. The highest BCUT2D eigenvalue weighted by Crippen LogP contribution is 2.23. The minimum atomic E-state index is -0.927. The average Bonchev–Trinajstić information content (AvgIpc) is 2.96. The number of hydrazone groups is 1. The van der Waals surface area contributed by atoms with Gasteiger partial charge in [-0.2, -0.15) is 5.10 Å². The van der Waals surface area contributed by atoms with Crippen LogP contribution in [0.4, 0.5) is 11.4 Å². The van der Waals surface area contributed by atoms with Crippen LogP contribution in [-0.4, -0.2) is 44.7 Å². The first-order chi connectivity index (χ1) is 14.2. The zero-order valence-corrected chi connectivity index (χ0v) is 15.4. The number of nitrogens with zero attached hydrogens (tertiary/aromatic N) is 4. The summed E-state index contributed by atoms with van der Waals surface area (Å²) in [4.78, 5) is 58.0. The van der Waals surface area contributed by atoms with Crippen molar-refractivity contribution in [2.75, 3.05) is 6.54 Å². The Morgan fingerprint density at radius 3 is 1.97 bits per heavy atom. The summed E-state index contributed by atoms with van der Waals surface area (Å²) >= 11 is 0. The third-order valence-electron chi connectivity index (χ3n) is 4.20. The molecule has 0 saturated carbocycles. The van der Waals surface area contributed by atoms with Crippen molar-refractivity contribution in [1.29, 1.82) is 0 Å². The molecular weight excluding hydrogens is 398 g/mol. The average molecular weight is 411 g/mol. The van der Waals surface area contributed by atoms with E-state index in [4.69, 9.17) is 0 Å². The van der Waals surface area contributed by atoms with Crippen LogP contribution in [0.3, 0.4) is 0 Å². The van der Waals surface area contributed by atoms with Gasteiger partial charge in [0.1, 0.15) is 0 Å². The van der Waals surface area contributed by atoms with Gasteiger partial charge < -0.3 is 0 Å². The topological polar surface area (TPSA) is 165 Å². The Kier molecular flexibility index (Phi) is 5.31. The van der Waals surface area contributed by atoms with Crippen molar-refractivity contribution >= 4 is 34.8 Å². The Hall–Kier alpha value is -4.48. The van der Waals surface area contributed by atoms with Gasteiger partial charge in [0.05, 0.1) is 44.9 Å². The summed E-state index contributed by atoms with van der Waals surface area (Å²) in [5, 5.41) is 25.6. The lowest BCUT2D eigenvalue weighted by Gasteiger charge is -2.13. The summed E-state index contributed by atoms with van der Waals surface area (Å²) in [5.41, 5.74) is 1.25. The lowest BCUT2D eigenvalue weighted by atomic mass is 10.1. The minimum absolute atomic E-state index is 0.192. The van der Waals surface area contributed by atoms with Crippen LogP contribution in [0.5, 0.6) is 0 Å². The van der Waals surface area contributed by atoms with Gasteiger partial charge in [-0.15, -0.1) is 0 Å². The molecule has 30 heavy (non-hydrogen) atoms. The van der Waals surface area contributed by atoms with E-state index >= 15 is 0 Å². The van der Waals surface area contributed by atoms with E-state index in [1.807, 2.05) is 0 Å². The minimum Gasteiger partial charge on any atom is -0.269 e. The van der Waals surface area contributed by atoms with Crippen LogP contribution in [0.25, 0.3) is 0 Å². The maximum Gasteiger partial charge on any atom is 0.277 e. The number of non-ortho nitro benzene ring substituents is 2. The van der Waals surface area contributed by atoms with E-state index in [1.54, 1.807) is 12.1 Å². The zero-order valence-electron chi connectivity index (χ0n) is 15.4. The van der Waals surface area contributed by atoms with Crippen LogP contribution >= 0.6 is 0 Å². The number of nitrogens with one attached hydrogen (secondary N) is 1. The molecule has 12 nitrogen and oxygen atoms in total. The maximum absolute atomic E-state index is 12.3. The number of hydrogen-bond acceptors (Lipinski definition) is 8. The molecule has 12 heteroatoms. The number of nitro benzene ring substituents is 2. The fourth-order valence-electron chi connectivity index (χ4n) is 2.79. The molecule has 1 heterocycles. The summed E-state index contributed by atoms with van der Waals surface area (Å²) in [6, 6.07) is 8.79. The quantitative estimate of drug-likeness (QED) is 0.328. The van der Waals surface area contributed by atoms with Crippen LogP contribution in [-0.2, 0) is 0 Å². The molecule has 0 aromatic heterocycles. The predicted octanol–water partition coefficient (Wildman–Crippen LogP) is 1.90. The molecule has 2 aromatic carbocycles. The maximum atomic E-state index is 12.3. The van der Waals surface area contributed by atoms with Crippen LogP contribution in [0, 0.1) is 20.2 Å². The molecule has 0 aliphatic carbocycles. The molecule has 0 radical (unpaired) electrons. The highest BCUT2D eigenvalue weighted by molar-refractivity contribution is 6.22. The summed E-state index contributed by atoms with van der Waals surface area (Å²) < 4.78 is 0. The molecule has 3 rings (SSSR count). The monoisotopic (exact) mass is 411 g/mol. The van der Waals surface area contributed by atoms with Crippen molar-refractivity contribution < 1.29 is 24.2 Å². The van der Waals surface area contributed by atoms with Gasteiger partial charge in [-0.05, 0) is 19.1 Å². The molecule has 3 amide bonds. The van der Waals surface area contributed by atoms with Crippen molar-refractivity contribution in [2.24, 2.45) is 5.10 Å². The van der Waals surface area contributed by atoms with Gasteiger partial charge in [-0.3, -0.25) is 39.5 Å².